The van der Waals surface area contributed by atoms with Gasteiger partial charge in [0.15, 0.2) is 11.5 Å². The van der Waals surface area contributed by atoms with Gasteiger partial charge in [0.2, 0.25) is 0 Å². The molecule has 6 heteroatoms. The van der Waals surface area contributed by atoms with Gasteiger partial charge in [-0.15, -0.1) is 11.3 Å². The van der Waals surface area contributed by atoms with Gasteiger partial charge in [0, 0.05) is 11.4 Å². The van der Waals surface area contributed by atoms with Crippen molar-refractivity contribution in [2.24, 2.45) is 5.73 Å². The Morgan fingerprint density at radius 1 is 1.29 bits per heavy atom. The number of nitrogens with two attached hydrogens (primary N) is 1. The second kappa shape index (κ2) is 7.24. The van der Waals surface area contributed by atoms with Crippen molar-refractivity contribution in [1.29, 1.82) is 0 Å². The molecule has 4 nitrogen and oxygen atoms in total. The molecular weight excluding hydrogens is 352 g/mol. The van der Waals surface area contributed by atoms with E-state index in [-0.39, 0.29) is 0 Å². The lowest BCUT2D eigenvalue weighted by molar-refractivity contribution is 0.267. The quantitative estimate of drug-likeness (QED) is 0.835. The molecular formula is C15H19BrN2O2S. The standard InChI is InChI=1S/C15H19BrN2O2S/c1-4-19-13-6-11(7-17)5-12(16)15(13)20-8-14-18-9(2)10(3)21-14/h5-6H,4,7-8,17H2,1-3H3. The van der Waals surface area contributed by atoms with Crippen molar-refractivity contribution in [3.8, 4) is 11.5 Å². The molecule has 0 amide bonds. The Kier molecular flexibility index (Phi) is 5.61. The molecule has 0 fully saturated rings. The Balaban J connectivity index is 2.21. The third-order valence-electron chi connectivity index (χ3n) is 3.02. The number of benzene rings is 1. The van der Waals surface area contributed by atoms with E-state index in [0.717, 1.165) is 20.7 Å². The Labute approximate surface area is 137 Å². The predicted molar refractivity (Wildman–Crippen MR) is 89.1 cm³/mol. The lowest BCUT2D eigenvalue weighted by Crippen LogP contribution is -2.03. The van der Waals surface area contributed by atoms with Crippen LogP contribution in [0, 0.1) is 13.8 Å². The number of aromatic nitrogens is 1. The van der Waals surface area contributed by atoms with Crippen LogP contribution in [0.2, 0.25) is 0 Å². The Morgan fingerprint density at radius 3 is 2.62 bits per heavy atom. The zero-order chi connectivity index (χ0) is 15.4. The second-order valence-corrected chi connectivity index (χ2v) is 6.72. The summed E-state index contributed by atoms with van der Waals surface area (Å²) in [6.45, 7) is 7.48. The van der Waals surface area contributed by atoms with Gasteiger partial charge in [0.25, 0.3) is 0 Å². The Morgan fingerprint density at radius 2 is 2.05 bits per heavy atom. The molecule has 2 N–H and O–H groups in total. The molecule has 0 aliphatic heterocycles. The van der Waals surface area contributed by atoms with Gasteiger partial charge in [0.1, 0.15) is 11.6 Å². The van der Waals surface area contributed by atoms with Gasteiger partial charge < -0.3 is 15.2 Å². The summed E-state index contributed by atoms with van der Waals surface area (Å²) in [5, 5.41) is 0.960. The van der Waals surface area contributed by atoms with Crippen LogP contribution in [0.5, 0.6) is 11.5 Å². The number of hydrogen-bond donors (Lipinski definition) is 1. The molecule has 0 spiro atoms. The molecule has 1 aromatic heterocycles. The SMILES string of the molecule is CCOc1cc(CN)cc(Br)c1OCc1nc(C)c(C)s1. The molecule has 0 aliphatic rings. The zero-order valence-corrected chi connectivity index (χ0v) is 14.8. The Bertz CT molecular complexity index is 609. The maximum atomic E-state index is 5.91. The first-order chi connectivity index (χ1) is 10.0. The van der Waals surface area contributed by atoms with Crippen molar-refractivity contribution in [2.45, 2.75) is 33.9 Å². The molecule has 0 bridgehead atoms. The van der Waals surface area contributed by atoms with Crippen LogP contribution >= 0.6 is 27.3 Å². The van der Waals surface area contributed by atoms with Crippen molar-refractivity contribution >= 4 is 27.3 Å². The zero-order valence-electron chi connectivity index (χ0n) is 12.4. The van der Waals surface area contributed by atoms with Crippen LogP contribution in [0.25, 0.3) is 0 Å². The summed E-state index contributed by atoms with van der Waals surface area (Å²) in [6.07, 6.45) is 0. The molecule has 2 rings (SSSR count). The van der Waals surface area contributed by atoms with Crippen LogP contribution in [-0.2, 0) is 13.2 Å². The topological polar surface area (TPSA) is 57.4 Å². The molecule has 114 valence electrons. The molecule has 0 atom stereocenters. The van der Waals surface area contributed by atoms with Gasteiger partial charge in [-0.2, -0.15) is 0 Å². The maximum absolute atomic E-state index is 5.91. The molecule has 1 aromatic carbocycles. The molecule has 0 unspecified atom stereocenters. The highest BCUT2D eigenvalue weighted by atomic mass is 79.9. The first kappa shape index (κ1) is 16.3. The van der Waals surface area contributed by atoms with Gasteiger partial charge in [-0.1, -0.05) is 0 Å². The molecule has 2 aromatic rings. The maximum Gasteiger partial charge on any atom is 0.175 e. The van der Waals surface area contributed by atoms with Crippen molar-refractivity contribution in [3.05, 3.63) is 37.7 Å². The van der Waals surface area contributed by atoms with E-state index in [0.29, 0.717) is 31.3 Å². The van der Waals surface area contributed by atoms with Crippen LogP contribution in [0.15, 0.2) is 16.6 Å². The summed E-state index contributed by atoms with van der Waals surface area (Å²) in [5.74, 6) is 1.40. The highest BCUT2D eigenvalue weighted by molar-refractivity contribution is 9.10. The highest BCUT2D eigenvalue weighted by Crippen LogP contribution is 2.37. The van der Waals surface area contributed by atoms with E-state index in [9.17, 15) is 0 Å². The average Bonchev–Trinajstić information content (AvgIpc) is 2.77. The minimum atomic E-state index is 0.431. The number of halogens is 1. The smallest absolute Gasteiger partial charge is 0.175 e. The van der Waals surface area contributed by atoms with Crippen molar-refractivity contribution in [2.75, 3.05) is 6.61 Å². The predicted octanol–water partition coefficient (Wildman–Crippen LogP) is 3.96. The number of aryl methyl sites for hydroxylation is 2. The van der Waals surface area contributed by atoms with Gasteiger partial charge in [-0.25, -0.2) is 4.98 Å². The van der Waals surface area contributed by atoms with E-state index in [4.69, 9.17) is 15.2 Å². The summed E-state index contributed by atoms with van der Waals surface area (Å²) in [6, 6.07) is 3.87. The number of rotatable bonds is 6. The van der Waals surface area contributed by atoms with E-state index in [2.05, 4.69) is 27.8 Å². The van der Waals surface area contributed by atoms with Crippen LogP contribution in [0.3, 0.4) is 0 Å². The molecule has 21 heavy (non-hydrogen) atoms. The summed E-state index contributed by atoms with van der Waals surface area (Å²) in [5.41, 5.74) is 7.75. The van der Waals surface area contributed by atoms with Crippen LogP contribution < -0.4 is 15.2 Å². The fourth-order valence-electron chi connectivity index (χ4n) is 1.88. The van der Waals surface area contributed by atoms with E-state index in [1.807, 2.05) is 26.0 Å². The van der Waals surface area contributed by atoms with Gasteiger partial charge in [-0.3, -0.25) is 0 Å². The molecule has 0 radical (unpaired) electrons. The summed E-state index contributed by atoms with van der Waals surface area (Å²) in [4.78, 5) is 5.70. The van der Waals surface area contributed by atoms with Crippen LogP contribution in [0.1, 0.15) is 28.1 Å². The normalized spacial score (nSPS) is 10.7. The van der Waals surface area contributed by atoms with E-state index in [1.54, 1.807) is 11.3 Å². The summed E-state index contributed by atoms with van der Waals surface area (Å²) in [7, 11) is 0. The number of nitrogens with zero attached hydrogens (tertiary/aromatic N) is 1. The molecule has 0 saturated heterocycles. The fourth-order valence-corrected chi connectivity index (χ4v) is 3.33. The summed E-state index contributed by atoms with van der Waals surface area (Å²) >= 11 is 5.18. The number of hydrogen-bond acceptors (Lipinski definition) is 5. The number of ether oxygens (including phenoxy) is 2. The minimum Gasteiger partial charge on any atom is -0.490 e. The summed E-state index contributed by atoms with van der Waals surface area (Å²) < 4.78 is 12.4. The second-order valence-electron chi connectivity index (χ2n) is 4.58. The lowest BCUT2D eigenvalue weighted by atomic mass is 10.2. The van der Waals surface area contributed by atoms with Gasteiger partial charge in [-0.05, 0) is 54.4 Å². The third kappa shape index (κ3) is 3.96. The van der Waals surface area contributed by atoms with Crippen LogP contribution in [-0.4, -0.2) is 11.6 Å². The van der Waals surface area contributed by atoms with Crippen molar-refractivity contribution in [1.82, 2.24) is 4.98 Å². The van der Waals surface area contributed by atoms with Crippen molar-refractivity contribution < 1.29 is 9.47 Å². The monoisotopic (exact) mass is 370 g/mol. The van der Waals surface area contributed by atoms with Gasteiger partial charge in [0.05, 0.1) is 16.8 Å². The lowest BCUT2D eigenvalue weighted by Gasteiger charge is -2.14. The number of thiazole rings is 1. The van der Waals surface area contributed by atoms with Gasteiger partial charge >= 0.3 is 0 Å². The van der Waals surface area contributed by atoms with E-state index >= 15 is 0 Å². The fraction of sp³-hybridized carbons (Fsp3) is 0.400. The van der Waals surface area contributed by atoms with E-state index < -0.39 is 0 Å². The molecule has 0 saturated carbocycles. The third-order valence-corrected chi connectivity index (χ3v) is 4.65. The minimum absolute atomic E-state index is 0.431. The molecule has 0 aliphatic carbocycles. The largest absolute Gasteiger partial charge is 0.490 e. The average molecular weight is 371 g/mol. The first-order valence-electron chi connectivity index (χ1n) is 6.76. The van der Waals surface area contributed by atoms with Crippen molar-refractivity contribution in [3.63, 3.8) is 0 Å². The van der Waals surface area contributed by atoms with E-state index in [1.165, 1.54) is 4.88 Å². The highest BCUT2D eigenvalue weighted by Gasteiger charge is 2.13. The Hall–Kier alpha value is -1.11. The van der Waals surface area contributed by atoms with Crippen LogP contribution in [0.4, 0.5) is 0 Å². The first-order valence-corrected chi connectivity index (χ1v) is 8.37. The molecule has 1 heterocycles.